The van der Waals surface area contributed by atoms with E-state index in [4.69, 9.17) is 15.7 Å². The Morgan fingerprint density at radius 3 is 2.88 bits per heavy atom. The molecule has 0 aliphatic heterocycles. The van der Waals surface area contributed by atoms with Crippen molar-refractivity contribution in [3.63, 3.8) is 0 Å². The summed E-state index contributed by atoms with van der Waals surface area (Å²) in [5, 5.41) is 0.372. The highest BCUT2D eigenvalue weighted by molar-refractivity contribution is 6.07. The van der Waals surface area contributed by atoms with Crippen molar-refractivity contribution in [1.29, 1.82) is 0 Å². The maximum atomic E-state index is 12.4. The number of rotatable bonds is 5. The lowest BCUT2D eigenvalue weighted by Gasteiger charge is -2.01. The molecule has 0 amide bonds. The molecule has 0 N–H and O–H groups in total. The Morgan fingerprint density at radius 2 is 2.04 bits per heavy atom. The first-order valence-electron chi connectivity index (χ1n) is 7.48. The Bertz CT molecular complexity index is 1060. The number of allylic oxidation sites excluding steroid dienone is 1. The topological polar surface area (TPSA) is 60.9 Å². The minimum absolute atomic E-state index is 0.0182. The molecule has 5 nitrogen and oxygen atoms in total. The highest BCUT2D eigenvalue weighted by Crippen LogP contribution is 2.15. The molecule has 0 saturated carbocycles. The van der Waals surface area contributed by atoms with Gasteiger partial charge in [-0.2, -0.15) is 0 Å². The zero-order valence-electron chi connectivity index (χ0n) is 13.1. The molecule has 0 aliphatic rings. The van der Waals surface area contributed by atoms with Crippen LogP contribution in [0.3, 0.4) is 0 Å². The summed E-state index contributed by atoms with van der Waals surface area (Å²) in [7, 11) is 0. The van der Waals surface area contributed by atoms with E-state index in [1.165, 1.54) is 12.3 Å². The quantitative estimate of drug-likeness (QED) is 0.403. The summed E-state index contributed by atoms with van der Waals surface area (Å²) < 4.78 is 10.6. The molecule has 122 valence electrons. The summed E-state index contributed by atoms with van der Waals surface area (Å²) in [5.74, 6) is 0.0998. The van der Waals surface area contributed by atoms with Crippen molar-refractivity contribution < 1.29 is 13.9 Å². The fourth-order valence-electron chi connectivity index (χ4n) is 2.32. The minimum Gasteiger partial charge on any atom is -0.463 e. The highest BCUT2D eigenvalue weighted by Gasteiger charge is 2.11. The van der Waals surface area contributed by atoms with E-state index in [0.29, 0.717) is 16.7 Å². The highest BCUT2D eigenvalue weighted by atomic mass is 16.5. The van der Waals surface area contributed by atoms with Gasteiger partial charge in [-0.3, -0.25) is 14.4 Å². The fourth-order valence-corrected chi connectivity index (χ4v) is 2.32. The molecule has 0 spiro atoms. The number of fused-ring (bicyclic) bond motifs is 1. The first kappa shape index (κ1) is 16.2. The Morgan fingerprint density at radius 1 is 1.20 bits per heavy atom. The van der Waals surface area contributed by atoms with E-state index < -0.39 is 5.78 Å². The summed E-state index contributed by atoms with van der Waals surface area (Å²) >= 11 is 0. The number of ketones is 1. The van der Waals surface area contributed by atoms with E-state index in [1.54, 1.807) is 54.6 Å². The van der Waals surface area contributed by atoms with Crippen LogP contribution in [0.5, 0.6) is 5.75 Å². The SMILES string of the molecule is [C-]#[N+]COc1cccc(C=CC(=O)c2coc3ccccc3c2=O)c1. The summed E-state index contributed by atoms with van der Waals surface area (Å²) in [6.07, 6.45) is 4.09. The van der Waals surface area contributed by atoms with Crippen molar-refractivity contribution in [3.05, 3.63) is 93.6 Å². The van der Waals surface area contributed by atoms with E-state index in [-0.39, 0.29) is 17.7 Å². The molecule has 2 aromatic carbocycles. The van der Waals surface area contributed by atoms with Crippen LogP contribution in [0.4, 0.5) is 0 Å². The second-order valence-corrected chi connectivity index (χ2v) is 5.18. The van der Waals surface area contributed by atoms with Gasteiger partial charge in [-0.1, -0.05) is 30.3 Å². The van der Waals surface area contributed by atoms with Gasteiger partial charge in [-0.15, -0.1) is 0 Å². The average molecular weight is 331 g/mol. The molecular formula is C20H13NO4. The number of para-hydroxylation sites is 1. The summed E-state index contributed by atoms with van der Waals surface area (Å²) in [5.41, 5.74) is 0.791. The molecule has 0 bridgehead atoms. The normalized spacial score (nSPS) is 10.7. The van der Waals surface area contributed by atoms with Crippen molar-refractivity contribution >= 4 is 22.8 Å². The second-order valence-electron chi connectivity index (χ2n) is 5.18. The van der Waals surface area contributed by atoms with Crippen LogP contribution in [0.25, 0.3) is 21.9 Å². The van der Waals surface area contributed by atoms with Crippen LogP contribution in [0.2, 0.25) is 0 Å². The average Bonchev–Trinajstić information content (AvgIpc) is 2.65. The predicted octanol–water partition coefficient (Wildman–Crippen LogP) is 3.94. The van der Waals surface area contributed by atoms with Gasteiger partial charge < -0.3 is 9.15 Å². The molecule has 3 aromatic rings. The molecule has 0 atom stereocenters. The van der Waals surface area contributed by atoms with Gasteiger partial charge >= 0.3 is 6.73 Å². The maximum Gasteiger partial charge on any atom is 0.357 e. The number of carbonyl (C=O) groups excluding carboxylic acids is 1. The van der Waals surface area contributed by atoms with Crippen LogP contribution in [-0.2, 0) is 0 Å². The third kappa shape index (κ3) is 3.65. The van der Waals surface area contributed by atoms with Gasteiger partial charge in [0.2, 0.25) is 5.43 Å². The van der Waals surface area contributed by atoms with Gasteiger partial charge in [0.15, 0.2) is 5.78 Å². The van der Waals surface area contributed by atoms with Crippen LogP contribution < -0.4 is 10.2 Å². The Kier molecular flexibility index (Phi) is 4.72. The summed E-state index contributed by atoms with van der Waals surface area (Å²) in [6, 6.07) is 13.8. The third-order valence-corrected chi connectivity index (χ3v) is 3.53. The van der Waals surface area contributed by atoms with Crippen LogP contribution in [0.15, 0.2) is 70.1 Å². The van der Waals surface area contributed by atoms with Crippen LogP contribution >= 0.6 is 0 Å². The van der Waals surface area contributed by atoms with Crippen molar-refractivity contribution in [2.24, 2.45) is 0 Å². The minimum atomic E-state index is -0.438. The van der Waals surface area contributed by atoms with Crippen molar-refractivity contribution in [3.8, 4) is 5.75 Å². The van der Waals surface area contributed by atoms with E-state index in [0.717, 1.165) is 5.56 Å². The molecule has 0 saturated heterocycles. The predicted molar refractivity (Wildman–Crippen MR) is 94.4 cm³/mol. The number of nitrogens with zero attached hydrogens (tertiary/aromatic N) is 1. The standard InChI is InChI=1S/C20H13NO4/c1-21-13-25-15-6-4-5-14(11-15)9-10-18(22)17-12-24-19-8-3-2-7-16(19)20(17)23/h2-12H,13H2. The number of ether oxygens (including phenoxy) is 1. The lowest BCUT2D eigenvalue weighted by molar-refractivity contribution is 0.104. The van der Waals surface area contributed by atoms with Crippen molar-refractivity contribution in [2.45, 2.75) is 0 Å². The van der Waals surface area contributed by atoms with Gasteiger partial charge in [-0.05, 0) is 35.9 Å². The molecule has 0 unspecified atom stereocenters. The molecule has 0 fully saturated rings. The monoisotopic (exact) mass is 331 g/mol. The largest absolute Gasteiger partial charge is 0.463 e. The fraction of sp³-hybridized carbons (Fsp3) is 0.0500. The first-order chi connectivity index (χ1) is 12.2. The summed E-state index contributed by atoms with van der Waals surface area (Å²) in [6.45, 7) is 6.65. The number of benzene rings is 2. The lowest BCUT2D eigenvalue weighted by Crippen LogP contribution is -2.13. The van der Waals surface area contributed by atoms with Gasteiger partial charge in [0.1, 0.15) is 23.2 Å². The Balaban J connectivity index is 1.85. The number of carbonyl (C=O) groups is 1. The van der Waals surface area contributed by atoms with E-state index >= 15 is 0 Å². The second kappa shape index (κ2) is 7.28. The van der Waals surface area contributed by atoms with Crippen LogP contribution in [0.1, 0.15) is 15.9 Å². The third-order valence-electron chi connectivity index (χ3n) is 3.53. The first-order valence-corrected chi connectivity index (χ1v) is 7.48. The van der Waals surface area contributed by atoms with Crippen molar-refractivity contribution in [2.75, 3.05) is 6.73 Å². The molecule has 5 heteroatoms. The Hall–Kier alpha value is -3.65. The zero-order chi connectivity index (χ0) is 17.6. The molecule has 1 aromatic heterocycles. The van der Waals surface area contributed by atoms with Crippen molar-refractivity contribution in [1.82, 2.24) is 0 Å². The molecular weight excluding hydrogens is 318 g/mol. The molecule has 3 rings (SSSR count). The lowest BCUT2D eigenvalue weighted by atomic mass is 10.1. The Labute approximate surface area is 143 Å². The number of hydrogen-bond donors (Lipinski definition) is 0. The number of hydrogen-bond acceptors (Lipinski definition) is 4. The molecule has 0 radical (unpaired) electrons. The maximum absolute atomic E-state index is 12.4. The molecule has 25 heavy (non-hydrogen) atoms. The van der Waals surface area contributed by atoms with E-state index in [1.807, 2.05) is 0 Å². The zero-order valence-corrected chi connectivity index (χ0v) is 13.1. The summed E-state index contributed by atoms with van der Waals surface area (Å²) in [4.78, 5) is 27.8. The van der Waals surface area contributed by atoms with Crippen LogP contribution in [0, 0.1) is 6.57 Å². The smallest absolute Gasteiger partial charge is 0.357 e. The molecule has 0 aliphatic carbocycles. The molecule has 1 heterocycles. The van der Waals surface area contributed by atoms with Gasteiger partial charge in [0, 0.05) is 0 Å². The van der Waals surface area contributed by atoms with Gasteiger partial charge in [-0.25, -0.2) is 6.57 Å². The van der Waals surface area contributed by atoms with Crippen LogP contribution in [-0.4, -0.2) is 12.5 Å². The van der Waals surface area contributed by atoms with Gasteiger partial charge in [0.05, 0.1) is 5.39 Å². The van der Waals surface area contributed by atoms with E-state index in [2.05, 4.69) is 4.85 Å². The van der Waals surface area contributed by atoms with Gasteiger partial charge in [0.25, 0.3) is 0 Å². The van der Waals surface area contributed by atoms with E-state index in [9.17, 15) is 9.59 Å².